The summed E-state index contributed by atoms with van der Waals surface area (Å²) in [5, 5.41) is 5.71. The lowest BCUT2D eigenvalue weighted by Crippen LogP contribution is -2.17. The Bertz CT molecular complexity index is 724. The van der Waals surface area contributed by atoms with Crippen molar-refractivity contribution in [3.8, 4) is 0 Å². The van der Waals surface area contributed by atoms with Gasteiger partial charge in [0.05, 0.1) is 0 Å². The quantitative estimate of drug-likeness (QED) is 0.763. The molecule has 126 valence electrons. The topological polar surface area (TPSA) is 84.2 Å². The maximum Gasteiger partial charge on any atom is 0.255 e. The van der Waals surface area contributed by atoms with Gasteiger partial charge in [-0.05, 0) is 43.2 Å². The third kappa shape index (κ3) is 4.67. The van der Waals surface area contributed by atoms with Gasteiger partial charge < -0.3 is 16.4 Å². The number of hydrogen-bond donors (Lipinski definition) is 3. The standard InChI is InChI=1S/C19H23N3O2/c1-3-14-8-9-16(12-17(14)22-18(23)10-11-20)21-19(24)15-6-4-13(2)5-7-15/h4-9,12H,3,10-11,20H2,1-2H3,(H,21,24)(H,22,23). The molecule has 0 aliphatic rings. The molecule has 0 saturated carbocycles. The molecule has 0 saturated heterocycles. The van der Waals surface area contributed by atoms with Gasteiger partial charge in [-0.25, -0.2) is 0 Å². The maximum absolute atomic E-state index is 12.3. The van der Waals surface area contributed by atoms with Crippen molar-refractivity contribution in [1.82, 2.24) is 0 Å². The molecule has 2 amide bonds. The van der Waals surface area contributed by atoms with Crippen LogP contribution in [0, 0.1) is 6.92 Å². The average molecular weight is 325 g/mol. The Kier molecular flexibility index (Phi) is 6.09. The molecule has 0 atom stereocenters. The molecule has 0 aromatic heterocycles. The summed E-state index contributed by atoms with van der Waals surface area (Å²) in [5.41, 5.74) is 9.45. The number of carbonyl (C=O) groups excluding carboxylic acids is 2. The Labute approximate surface area is 142 Å². The normalized spacial score (nSPS) is 10.3. The Morgan fingerprint density at radius 1 is 1.04 bits per heavy atom. The molecule has 0 bridgehead atoms. The summed E-state index contributed by atoms with van der Waals surface area (Å²) in [6.07, 6.45) is 1.05. The predicted octanol–water partition coefficient (Wildman–Crippen LogP) is 3.10. The number of nitrogens with two attached hydrogens (primary N) is 1. The minimum absolute atomic E-state index is 0.130. The van der Waals surface area contributed by atoms with Crippen LogP contribution in [0.2, 0.25) is 0 Å². The second kappa shape index (κ2) is 8.26. The highest BCUT2D eigenvalue weighted by Crippen LogP contribution is 2.22. The van der Waals surface area contributed by atoms with E-state index in [-0.39, 0.29) is 18.2 Å². The zero-order chi connectivity index (χ0) is 17.5. The zero-order valence-electron chi connectivity index (χ0n) is 14.1. The van der Waals surface area contributed by atoms with E-state index in [1.165, 1.54) is 0 Å². The van der Waals surface area contributed by atoms with Crippen LogP contribution in [0.3, 0.4) is 0 Å². The second-order valence-corrected chi connectivity index (χ2v) is 5.63. The first-order chi connectivity index (χ1) is 11.5. The van der Waals surface area contributed by atoms with Crippen molar-refractivity contribution >= 4 is 23.2 Å². The summed E-state index contributed by atoms with van der Waals surface area (Å²) in [5.74, 6) is -0.312. The van der Waals surface area contributed by atoms with Crippen molar-refractivity contribution in [2.75, 3.05) is 17.2 Å². The molecule has 0 spiro atoms. The number of aryl methyl sites for hydroxylation is 2. The molecular weight excluding hydrogens is 302 g/mol. The smallest absolute Gasteiger partial charge is 0.255 e. The SMILES string of the molecule is CCc1ccc(NC(=O)c2ccc(C)cc2)cc1NC(=O)CCN. The number of nitrogens with one attached hydrogen (secondary N) is 2. The van der Waals surface area contributed by atoms with Gasteiger partial charge in [0, 0.05) is 29.9 Å². The van der Waals surface area contributed by atoms with Gasteiger partial charge in [0.15, 0.2) is 0 Å². The van der Waals surface area contributed by atoms with Crippen LogP contribution in [0.4, 0.5) is 11.4 Å². The average Bonchev–Trinajstić information content (AvgIpc) is 2.56. The Morgan fingerprint density at radius 2 is 1.75 bits per heavy atom. The lowest BCUT2D eigenvalue weighted by molar-refractivity contribution is -0.116. The summed E-state index contributed by atoms with van der Waals surface area (Å²) < 4.78 is 0. The van der Waals surface area contributed by atoms with E-state index in [1.54, 1.807) is 18.2 Å². The Morgan fingerprint density at radius 3 is 2.38 bits per heavy atom. The number of hydrogen-bond acceptors (Lipinski definition) is 3. The van der Waals surface area contributed by atoms with Crippen molar-refractivity contribution < 1.29 is 9.59 Å². The summed E-state index contributed by atoms with van der Waals surface area (Å²) in [6, 6.07) is 12.9. The zero-order valence-corrected chi connectivity index (χ0v) is 14.1. The van der Waals surface area contributed by atoms with E-state index in [1.807, 2.05) is 38.1 Å². The summed E-state index contributed by atoms with van der Waals surface area (Å²) >= 11 is 0. The minimum atomic E-state index is -0.182. The molecule has 0 radical (unpaired) electrons. The van der Waals surface area contributed by atoms with E-state index in [2.05, 4.69) is 10.6 Å². The van der Waals surface area contributed by atoms with Gasteiger partial charge in [-0.2, -0.15) is 0 Å². The van der Waals surface area contributed by atoms with Crippen LogP contribution in [0.1, 0.15) is 34.8 Å². The van der Waals surface area contributed by atoms with Crippen LogP contribution in [0.5, 0.6) is 0 Å². The number of carbonyl (C=O) groups is 2. The highest BCUT2D eigenvalue weighted by atomic mass is 16.2. The van der Waals surface area contributed by atoms with Crippen molar-refractivity contribution in [2.45, 2.75) is 26.7 Å². The molecule has 0 aliphatic heterocycles. The molecule has 0 heterocycles. The maximum atomic E-state index is 12.3. The van der Waals surface area contributed by atoms with E-state index < -0.39 is 0 Å². The fourth-order valence-electron chi connectivity index (χ4n) is 2.33. The fourth-order valence-corrected chi connectivity index (χ4v) is 2.33. The van der Waals surface area contributed by atoms with E-state index in [9.17, 15) is 9.59 Å². The van der Waals surface area contributed by atoms with Crippen LogP contribution in [0.15, 0.2) is 42.5 Å². The molecule has 5 nitrogen and oxygen atoms in total. The molecule has 0 aliphatic carbocycles. The molecule has 0 fully saturated rings. The lowest BCUT2D eigenvalue weighted by atomic mass is 10.1. The highest BCUT2D eigenvalue weighted by Gasteiger charge is 2.10. The largest absolute Gasteiger partial charge is 0.330 e. The minimum Gasteiger partial charge on any atom is -0.330 e. The highest BCUT2D eigenvalue weighted by molar-refractivity contribution is 6.04. The van der Waals surface area contributed by atoms with Gasteiger partial charge in [-0.1, -0.05) is 30.7 Å². The number of amides is 2. The summed E-state index contributed by atoms with van der Waals surface area (Å²) in [4.78, 5) is 24.1. The van der Waals surface area contributed by atoms with Crippen LogP contribution in [0.25, 0.3) is 0 Å². The molecule has 0 unspecified atom stereocenters. The molecule has 2 rings (SSSR count). The monoisotopic (exact) mass is 325 g/mol. The van der Waals surface area contributed by atoms with Crippen LogP contribution < -0.4 is 16.4 Å². The Hall–Kier alpha value is -2.66. The fraction of sp³-hybridized carbons (Fsp3) is 0.263. The predicted molar refractivity (Wildman–Crippen MR) is 97.3 cm³/mol. The van der Waals surface area contributed by atoms with Gasteiger partial charge in [-0.15, -0.1) is 0 Å². The molecule has 5 heteroatoms. The van der Waals surface area contributed by atoms with Crippen LogP contribution in [-0.4, -0.2) is 18.4 Å². The number of anilines is 2. The third-order valence-electron chi connectivity index (χ3n) is 3.71. The van der Waals surface area contributed by atoms with E-state index in [4.69, 9.17) is 5.73 Å². The van der Waals surface area contributed by atoms with Crippen molar-refractivity contribution in [2.24, 2.45) is 5.73 Å². The molecule has 24 heavy (non-hydrogen) atoms. The molecular formula is C19H23N3O2. The molecule has 2 aromatic rings. The van der Waals surface area contributed by atoms with Crippen molar-refractivity contribution in [1.29, 1.82) is 0 Å². The van der Waals surface area contributed by atoms with Crippen LogP contribution in [-0.2, 0) is 11.2 Å². The second-order valence-electron chi connectivity index (χ2n) is 5.63. The van der Waals surface area contributed by atoms with Gasteiger partial charge in [0.2, 0.25) is 5.91 Å². The molecule has 4 N–H and O–H groups in total. The number of rotatable bonds is 6. The number of benzene rings is 2. The van der Waals surface area contributed by atoms with Crippen molar-refractivity contribution in [3.05, 3.63) is 59.2 Å². The van der Waals surface area contributed by atoms with Gasteiger partial charge in [-0.3, -0.25) is 9.59 Å². The van der Waals surface area contributed by atoms with Gasteiger partial charge in [0.1, 0.15) is 0 Å². The first-order valence-electron chi connectivity index (χ1n) is 8.04. The molecule has 2 aromatic carbocycles. The van der Waals surface area contributed by atoms with E-state index in [0.29, 0.717) is 23.5 Å². The van der Waals surface area contributed by atoms with E-state index in [0.717, 1.165) is 17.5 Å². The first-order valence-corrected chi connectivity index (χ1v) is 8.04. The van der Waals surface area contributed by atoms with Gasteiger partial charge in [0.25, 0.3) is 5.91 Å². The third-order valence-corrected chi connectivity index (χ3v) is 3.71. The Balaban J connectivity index is 2.16. The van der Waals surface area contributed by atoms with Gasteiger partial charge >= 0.3 is 0 Å². The van der Waals surface area contributed by atoms with E-state index >= 15 is 0 Å². The first kappa shape index (κ1) is 17.7. The summed E-state index contributed by atoms with van der Waals surface area (Å²) in [6.45, 7) is 4.29. The van der Waals surface area contributed by atoms with Crippen LogP contribution >= 0.6 is 0 Å². The lowest BCUT2D eigenvalue weighted by Gasteiger charge is -2.13. The summed E-state index contributed by atoms with van der Waals surface area (Å²) in [7, 11) is 0. The van der Waals surface area contributed by atoms with Crippen molar-refractivity contribution in [3.63, 3.8) is 0 Å².